The van der Waals surface area contributed by atoms with Crippen LogP contribution in [0.2, 0.25) is 0 Å². The average molecular weight is 969 g/mol. The number of ether oxygens (including phenoxy) is 4. The Labute approximate surface area is 398 Å². The molecule has 2 bridgehead atoms. The zero-order chi connectivity index (χ0) is 50.6. The Balaban J connectivity index is 1.91. The summed E-state index contributed by atoms with van der Waals surface area (Å²) >= 11 is 0. The third-order valence-electron chi connectivity index (χ3n) is 12.4. The standard InChI is InChI=1S/C49H77FN2O16/c1-29-17-15-13-11-9-7-5-6-8-10-12-14-16-18-36(67-48-46(62)43(51)45(61)32(4)66-48)26-40-42(47(63)52-22-21-50)39(58)28-49(64,68-40)27-35(55)24-38(57)37(56)20-19-33(53)23-34(54)25-41(59)65-31(3)30(2)44(29)60/h5-18,29-40,42-46,48,53-58,60-62,64H,19-28,51H2,1-4H3,(H,52,63)/b6-5+,9-7+,10-8+,13-11+,14-12+,17-15+,18-16+/t29-,30-,31-,32+,33?,34?,35?,36?,37?,38?,39-,40-,42?,43-,44?,45?,46?,48-,49?/m0/s1. The van der Waals surface area contributed by atoms with Crippen molar-refractivity contribution in [1.82, 2.24) is 5.32 Å². The van der Waals surface area contributed by atoms with Gasteiger partial charge in [0.15, 0.2) is 12.1 Å². The molecule has 3 rings (SSSR count). The number of cyclic esters (lactones) is 1. The summed E-state index contributed by atoms with van der Waals surface area (Å²) in [5.41, 5.74) is 6.06. The summed E-state index contributed by atoms with van der Waals surface area (Å²) in [6, 6.07) is -1.16. The molecule has 3 aliphatic rings. The van der Waals surface area contributed by atoms with Gasteiger partial charge in [-0.3, -0.25) is 9.59 Å². The maximum atomic E-state index is 13.4. The lowest BCUT2D eigenvalue weighted by Crippen LogP contribution is -2.62. The van der Waals surface area contributed by atoms with Crippen LogP contribution >= 0.6 is 0 Å². The van der Waals surface area contributed by atoms with E-state index < -0.39 is 154 Å². The number of esters is 1. The summed E-state index contributed by atoms with van der Waals surface area (Å²) < 4.78 is 36.6. The summed E-state index contributed by atoms with van der Waals surface area (Å²) in [5.74, 6) is -6.00. The van der Waals surface area contributed by atoms with Gasteiger partial charge < -0.3 is 81.1 Å². The number of halogens is 1. The molecule has 0 aromatic carbocycles. The lowest BCUT2D eigenvalue weighted by molar-refractivity contribution is -0.307. The molecule has 18 nitrogen and oxygen atoms in total. The van der Waals surface area contributed by atoms with Crippen molar-refractivity contribution in [3.05, 3.63) is 85.1 Å². The number of nitrogens with two attached hydrogens (primary N) is 1. The van der Waals surface area contributed by atoms with Gasteiger partial charge in [0.05, 0.1) is 85.5 Å². The second-order valence-corrected chi connectivity index (χ2v) is 18.2. The Morgan fingerprint density at radius 1 is 0.721 bits per heavy atom. The molecule has 0 saturated carbocycles. The van der Waals surface area contributed by atoms with Crippen molar-refractivity contribution in [1.29, 1.82) is 0 Å². The van der Waals surface area contributed by atoms with E-state index in [0.29, 0.717) is 0 Å². The van der Waals surface area contributed by atoms with Crippen molar-refractivity contribution in [2.45, 2.75) is 177 Å². The molecule has 13 N–H and O–H groups in total. The monoisotopic (exact) mass is 969 g/mol. The summed E-state index contributed by atoms with van der Waals surface area (Å²) in [7, 11) is 0. The summed E-state index contributed by atoms with van der Waals surface area (Å²) in [6.45, 7) is 5.45. The third kappa shape index (κ3) is 19.7. The van der Waals surface area contributed by atoms with Crippen molar-refractivity contribution < 1.29 is 84.0 Å². The average Bonchev–Trinajstić information content (AvgIpc) is 3.26. The van der Waals surface area contributed by atoms with Gasteiger partial charge in [0.25, 0.3) is 0 Å². The van der Waals surface area contributed by atoms with Crippen LogP contribution in [0.1, 0.15) is 79.1 Å². The van der Waals surface area contributed by atoms with Crippen LogP contribution in [0.5, 0.6) is 0 Å². The number of carbonyl (C=O) groups is 2. The van der Waals surface area contributed by atoms with Crippen molar-refractivity contribution >= 4 is 11.9 Å². The number of rotatable bonds is 5. The van der Waals surface area contributed by atoms with Gasteiger partial charge in [-0.2, -0.15) is 0 Å². The Morgan fingerprint density at radius 2 is 1.31 bits per heavy atom. The van der Waals surface area contributed by atoms with E-state index in [4.69, 9.17) is 24.7 Å². The van der Waals surface area contributed by atoms with Gasteiger partial charge in [-0.1, -0.05) is 98.9 Å². The lowest BCUT2D eigenvalue weighted by Gasteiger charge is -2.46. The molecule has 68 heavy (non-hydrogen) atoms. The summed E-state index contributed by atoms with van der Waals surface area (Å²) in [6.07, 6.45) is 3.68. The van der Waals surface area contributed by atoms with E-state index in [1.54, 1.807) is 74.6 Å². The molecule has 0 spiro atoms. The molecule has 3 heterocycles. The molecule has 1 amide bonds. The summed E-state index contributed by atoms with van der Waals surface area (Å²) in [4.78, 5) is 26.0. The minimum atomic E-state index is -2.32. The van der Waals surface area contributed by atoms with Crippen LogP contribution in [0.25, 0.3) is 0 Å². The van der Waals surface area contributed by atoms with E-state index in [0.717, 1.165) is 0 Å². The van der Waals surface area contributed by atoms with Gasteiger partial charge in [-0.05, 0) is 33.1 Å². The highest BCUT2D eigenvalue weighted by molar-refractivity contribution is 5.80. The fraction of sp³-hybridized carbons (Fsp3) is 0.673. The Morgan fingerprint density at radius 3 is 1.91 bits per heavy atom. The molecular formula is C49H77FN2O16. The van der Waals surface area contributed by atoms with E-state index >= 15 is 0 Å². The number of fused-ring (bicyclic) bond motifs is 2. The molecule has 386 valence electrons. The first-order valence-electron chi connectivity index (χ1n) is 23.5. The first-order valence-corrected chi connectivity index (χ1v) is 23.5. The Kier molecular flexibility index (Phi) is 25.6. The highest BCUT2D eigenvalue weighted by Gasteiger charge is 2.51. The van der Waals surface area contributed by atoms with Crippen molar-refractivity contribution in [3.63, 3.8) is 0 Å². The van der Waals surface area contributed by atoms with Crippen LogP contribution in [-0.2, 0) is 28.5 Å². The largest absolute Gasteiger partial charge is 0.462 e. The highest BCUT2D eigenvalue weighted by Crippen LogP contribution is 2.38. The molecule has 3 aliphatic heterocycles. The smallest absolute Gasteiger partial charge is 0.308 e. The molecule has 19 heteroatoms. The number of carbonyl (C=O) groups excluding carboxylic acids is 2. The second-order valence-electron chi connectivity index (χ2n) is 18.2. The molecule has 0 aromatic heterocycles. The minimum Gasteiger partial charge on any atom is -0.462 e. The fourth-order valence-electron chi connectivity index (χ4n) is 8.28. The van der Waals surface area contributed by atoms with Crippen LogP contribution in [0.3, 0.4) is 0 Å². The van der Waals surface area contributed by atoms with Gasteiger partial charge in [0.2, 0.25) is 5.91 Å². The number of allylic oxidation sites excluding steroid dienone is 12. The number of hydrogen-bond donors (Lipinski definition) is 12. The number of alkyl halides is 1. The number of amides is 1. The van der Waals surface area contributed by atoms with E-state index in [1.165, 1.54) is 13.0 Å². The first-order chi connectivity index (χ1) is 32.2. The maximum Gasteiger partial charge on any atom is 0.308 e. The molecule has 19 atom stereocenters. The number of hydrogen-bond acceptors (Lipinski definition) is 17. The van der Waals surface area contributed by atoms with Gasteiger partial charge in [0, 0.05) is 44.1 Å². The first kappa shape index (κ1) is 58.8. The second kappa shape index (κ2) is 29.6. The maximum absolute atomic E-state index is 13.4. The number of nitrogens with one attached hydrogen (secondary N) is 1. The molecule has 2 saturated heterocycles. The fourth-order valence-corrected chi connectivity index (χ4v) is 8.28. The predicted octanol–water partition coefficient (Wildman–Crippen LogP) is 0.713. The van der Waals surface area contributed by atoms with E-state index in [1.807, 2.05) is 25.2 Å². The Bertz CT molecular complexity index is 1730. The zero-order valence-electron chi connectivity index (χ0n) is 39.4. The molecule has 11 unspecified atom stereocenters. The Hall–Kier alpha value is -3.51. The van der Waals surface area contributed by atoms with Crippen molar-refractivity contribution in [2.24, 2.45) is 23.5 Å². The molecular weight excluding hydrogens is 892 g/mol. The molecule has 0 aromatic rings. The quantitative estimate of drug-likeness (QED) is 0.169. The van der Waals surface area contributed by atoms with Crippen molar-refractivity contribution in [3.8, 4) is 0 Å². The van der Waals surface area contributed by atoms with Gasteiger partial charge in [-0.15, -0.1) is 0 Å². The summed E-state index contributed by atoms with van der Waals surface area (Å²) in [5, 5.41) is 111. The van der Waals surface area contributed by atoms with E-state index in [-0.39, 0.29) is 38.1 Å². The molecule has 2 fully saturated rings. The SMILES string of the molecule is C[C@@H]1OC(=O)CC(O)CC(O)CCC(O)C(O)CC(O)CC2(O)C[C@H](O)C(C(=O)NCCF)[C@H](CC(O[C@@H]3O[C@H](C)C(O)[C@H](N)C3O)/C=C/C=C/C=C/C=C/C=C/C=C/C=C/[C@H](C)C(O)[C@H]1C)O2. The van der Waals surface area contributed by atoms with Crippen LogP contribution in [-0.4, -0.2) is 174 Å². The normalized spacial score (nSPS) is 44.0. The van der Waals surface area contributed by atoms with Crippen LogP contribution in [0.15, 0.2) is 85.1 Å². The third-order valence-corrected chi connectivity index (χ3v) is 12.4. The number of aliphatic hydroxyl groups excluding tert-OH is 9. The minimum absolute atomic E-state index is 0.112. The number of aliphatic hydroxyl groups is 10. The lowest BCUT2D eigenvalue weighted by atomic mass is 9.82. The predicted molar refractivity (Wildman–Crippen MR) is 248 cm³/mol. The van der Waals surface area contributed by atoms with Gasteiger partial charge >= 0.3 is 5.97 Å². The van der Waals surface area contributed by atoms with Crippen molar-refractivity contribution in [2.75, 3.05) is 13.2 Å². The molecule has 0 radical (unpaired) electrons. The highest BCUT2D eigenvalue weighted by atomic mass is 19.1. The van der Waals surface area contributed by atoms with E-state index in [9.17, 15) is 65.0 Å². The van der Waals surface area contributed by atoms with Crippen LogP contribution < -0.4 is 11.1 Å². The van der Waals surface area contributed by atoms with Gasteiger partial charge in [-0.25, -0.2) is 4.39 Å². The topological polar surface area (TPSA) is 311 Å². The molecule has 0 aliphatic carbocycles. The van der Waals surface area contributed by atoms with Gasteiger partial charge in [0.1, 0.15) is 18.9 Å². The van der Waals surface area contributed by atoms with Crippen LogP contribution in [0, 0.1) is 17.8 Å². The van der Waals surface area contributed by atoms with E-state index in [2.05, 4.69) is 5.32 Å². The zero-order valence-corrected chi connectivity index (χ0v) is 39.4. The van der Waals surface area contributed by atoms with Crippen LogP contribution in [0.4, 0.5) is 4.39 Å².